The summed E-state index contributed by atoms with van der Waals surface area (Å²) < 4.78 is 11.0. The maximum atomic E-state index is 12.2. The maximum absolute atomic E-state index is 12.2. The summed E-state index contributed by atoms with van der Waals surface area (Å²) in [6.45, 7) is 11.5. The summed E-state index contributed by atoms with van der Waals surface area (Å²) in [6, 6.07) is 0. The molecule has 5 nitrogen and oxygen atoms in total. The molecule has 1 heterocycles. The average Bonchev–Trinajstić information content (AvgIpc) is 2.61. The van der Waals surface area contributed by atoms with Crippen molar-refractivity contribution in [3.05, 3.63) is 0 Å². The Labute approximate surface area is 178 Å². The van der Waals surface area contributed by atoms with E-state index in [0.29, 0.717) is 19.4 Å². The van der Waals surface area contributed by atoms with Gasteiger partial charge < -0.3 is 9.47 Å². The summed E-state index contributed by atoms with van der Waals surface area (Å²) in [5.74, 6) is -0.123. The van der Waals surface area contributed by atoms with Gasteiger partial charge in [-0.3, -0.25) is 14.5 Å². The van der Waals surface area contributed by atoms with E-state index in [-0.39, 0.29) is 29.1 Å². The smallest absolute Gasteiger partial charge is 0.306 e. The van der Waals surface area contributed by atoms with Gasteiger partial charge in [-0.05, 0) is 54.0 Å². The number of unbranched alkanes of at least 4 members (excludes halogenated alkanes) is 6. The molecule has 0 N–H and O–H groups in total. The zero-order chi connectivity index (χ0) is 21.9. The fourth-order valence-corrected chi connectivity index (χ4v) is 4.26. The van der Waals surface area contributed by atoms with Gasteiger partial charge >= 0.3 is 11.9 Å². The fraction of sp³-hybridized carbons (Fsp3) is 0.917. The standard InChI is InChI=1S/C24H45NO4/c1-7-8-17-28-21(26)15-13-11-9-10-12-14-16-22(27)29-20-18-23(2,3)25(6)24(4,5)19-20/h20H,7-19H2,1-6H3. The van der Waals surface area contributed by atoms with E-state index >= 15 is 0 Å². The van der Waals surface area contributed by atoms with Crippen LogP contribution in [-0.2, 0) is 19.1 Å². The number of piperidine rings is 1. The highest BCUT2D eigenvalue weighted by Crippen LogP contribution is 2.38. The molecule has 0 aliphatic carbocycles. The Balaban J connectivity index is 2.08. The van der Waals surface area contributed by atoms with Crippen LogP contribution in [0.3, 0.4) is 0 Å². The normalized spacial score (nSPS) is 19.1. The third-order valence-corrected chi connectivity index (χ3v) is 6.34. The zero-order valence-corrected chi connectivity index (χ0v) is 19.8. The van der Waals surface area contributed by atoms with Gasteiger partial charge in [-0.2, -0.15) is 0 Å². The largest absolute Gasteiger partial charge is 0.466 e. The number of esters is 2. The van der Waals surface area contributed by atoms with Gasteiger partial charge in [-0.1, -0.05) is 39.0 Å². The molecule has 1 rings (SSSR count). The number of carbonyl (C=O) groups excluding carboxylic acids is 2. The zero-order valence-electron chi connectivity index (χ0n) is 19.8. The van der Waals surface area contributed by atoms with E-state index in [1.807, 2.05) is 0 Å². The van der Waals surface area contributed by atoms with Crippen LogP contribution in [-0.4, -0.2) is 47.7 Å². The third kappa shape index (κ3) is 9.97. The number of ether oxygens (including phenoxy) is 2. The first-order valence-corrected chi connectivity index (χ1v) is 11.7. The molecule has 1 aliphatic rings. The monoisotopic (exact) mass is 411 g/mol. The Morgan fingerprint density at radius 1 is 0.828 bits per heavy atom. The van der Waals surface area contributed by atoms with Crippen molar-refractivity contribution in [1.82, 2.24) is 4.90 Å². The Morgan fingerprint density at radius 2 is 1.31 bits per heavy atom. The SMILES string of the molecule is CCCCOC(=O)CCCCCCCCC(=O)OC1CC(C)(C)N(C)C(C)(C)C1. The van der Waals surface area contributed by atoms with Gasteiger partial charge in [0.25, 0.3) is 0 Å². The number of rotatable bonds is 13. The van der Waals surface area contributed by atoms with Gasteiger partial charge in [0.05, 0.1) is 6.61 Å². The minimum absolute atomic E-state index is 0.0146. The molecule has 0 bridgehead atoms. The summed E-state index contributed by atoms with van der Waals surface area (Å²) in [5.41, 5.74) is 0.0737. The van der Waals surface area contributed by atoms with E-state index in [1.165, 1.54) is 0 Å². The summed E-state index contributed by atoms with van der Waals surface area (Å²) in [6.07, 6.45) is 10.9. The van der Waals surface area contributed by atoms with Gasteiger partial charge in [0.1, 0.15) is 6.10 Å². The molecule has 0 amide bonds. The van der Waals surface area contributed by atoms with Crippen molar-refractivity contribution in [2.24, 2.45) is 0 Å². The first-order chi connectivity index (χ1) is 13.6. The van der Waals surface area contributed by atoms with Gasteiger partial charge in [0, 0.05) is 36.8 Å². The minimum atomic E-state index is -0.0681. The lowest BCUT2D eigenvalue weighted by molar-refractivity contribution is -0.159. The second-order valence-electron chi connectivity index (χ2n) is 9.90. The highest BCUT2D eigenvalue weighted by Gasteiger charge is 2.44. The molecule has 1 fully saturated rings. The van der Waals surface area contributed by atoms with Crippen LogP contribution in [0.5, 0.6) is 0 Å². The van der Waals surface area contributed by atoms with Gasteiger partial charge in [-0.25, -0.2) is 0 Å². The summed E-state index contributed by atoms with van der Waals surface area (Å²) in [7, 11) is 2.16. The van der Waals surface area contributed by atoms with Crippen LogP contribution in [0.25, 0.3) is 0 Å². The van der Waals surface area contributed by atoms with Crippen molar-refractivity contribution in [1.29, 1.82) is 0 Å². The maximum Gasteiger partial charge on any atom is 0.306 e. The number of carbonyl (C=O) groups is 2. The van der Waals surface area contributed by atoms with E-state index in [1.54, 1.807) is 0 Å². The highest BCUT2D eigenvalue weighted by molar-refractivity contribution is 5.69. The molecule has 0 aromatic heterocycles. The molecule has 1 aliphatic heterocycles. The molecule has 29 heavy (non-hydrogen) atoms. The molecule has 5 heteroatoms. The van der Waals surface area contributed by atoms with E-state index in [9.17, 15) is 9.59 Å². The Morgan fingerprint density at radius 3 is 1.83 bits per heavy atom. The van der Waals surface area contributed by atoms with Crippen LogP contribution in [0, 0.1) is 0 Å². The van der Waals surface area contributed by atoms with Crippen LogP contribution in [0.2, 0.25) is 0 Å². The molecule has 0 radical (unpaired) electrons. The molecule has 1 saturated heterocycles. The second-order valence-corrected chi connectivity index (χ2v) is 9.90. The predicted molar refractivity (Wildman–Crippen MR) is 118 cm³/mol. The molecular formula is C24H45NO4. The lowest BCUT2D eigenvalue weighted by Crippen LogP contribution is -2.60. The van der Waals surface area contributed by atoms with Crippen LogP contribution >= 0.6 is 0 Å². The van der Waals surface area contributed by atoms with Crippen LogP contribution < -0.4 is 0 Å². The summed E-state index contributed by atoms with van der Waals surface area (Å²) in [4.78, 5) is 26.2. The van der Waals surface area contributed by atoms with Crippen LogP contribution in [0.15, 0.2) is 0 Å². The van der Waals surface area contributed by atoms with E-state index in [0.717, 1.165) is 64.2 Å². The first-order valence-electron chi connectivity index (χ1n) is 11.7. The fourth-order valence-electron chi connectivity index (χ4n) is 4.26. The third-order valence-electron chi connectivity index (χ3n) is 6.34. The minimum Gasteiger partial charge on any atom is -0.466 e. The number of hydrogen-bond donors (Lipinski definition) is 0. The van der Waals surface area contributed by atoms with E-state index in [4.69, 9.17) is 9.47 Å². The quantitative estimate of drug-likeness (QED) is 0.290. The molecule has 0 aromatic carbocycles. The molecule has 0 aromatic rings. The van der Waals surface area contributed by atoms with Crippen molar-refractivity contribution in [2.75, 3.05) is 13.7 Å². The van der Waals surface area contributed by atoms with Gasteiger partial charge in [0.15, 0.2) is 0 Å². The summed E-state index contributed by atoms with van der Waals surface area (Å²) in [5, 5.41) is 0. The predicted octanol–water partition coefficient (Wildman–Crippen LogP) is 5.65. The molecule has 0 atom stereocenters. The molecule has 170 valence electrons. The van der Waals surface area contributed by atoms with Crippen LogP contribution in [0.1, 0.15) is 112 Å². The Hall–Kier alpha value is -1.10. The lowest BCUT2D eigenvalue weighted by Gasteiger charge is -2.53. The topological polar surface area (TPSA) is 55.8 Å². The van der Waals surface area contributed by atoms with Crippen molar-refractivity contribution in [2.45, 2.75) is 129 Å². The number of likely N-dealkylation sites (tertiary alicyclic amines) is 1. The van der Waals surface area contributed by atoms with Gasteiger partial charge in [0.2, 0.25) is 0 Å². The molecular weight excluding hydrogens is 366 g/mol. The second kappa shape index (κ2) is 12.6. The van der Waals surface area contributed by atoms with Gasteiger partial charge in [-0.15, -0.1) is 0 Å². The number of nitrogens with zero attached hydrogens (tertiary/aromatic N) is 1. The van der Waals surface area contributed by atoms with Crippen molar-refractivity contribution < 1.29 is 19.1 Å². The van der Waals surface area contributed by atoms with Crippen molar-refractivity contribution in [3.8, 4) is 0 Å². The van der Waals surface area contributed by atoms with E-state index < -0.39 is 0 Å². The van der Waals surface area contributed by atoms with Crippen molar-refractivity contribution in [3.63, 3.8) is 0 Å². The average molecular weight is 412 g/mol. The van der Waals surface area contributed by atoms with E-state index in [2.05, 4.69) is 46.6 Å². The molecule has 0 saturated carbocycles. The van der Waals surface area contributed by atoms with Crippen molar-refractivity contribution >= 4 is 11.9 Å². The number of hydrogen-bond acceptors (Lipinski definition) is 5. The molecule has 0 unspecified atom stereocenters. The first kappa shape index (κ1) is 25.9. The lowest BCUT2D eigenvalue weighted by atomic mass is 9.79. The Bertz CT molecular complexity index is 483. The molecule has 0 spiro atoms. The summed E-state index contributed by atoms with van der Waals surface area (Å²) >= 11 is 0. The highest BCUT2D eigenvalue weighted by atomic mass is 16.5. The Kier molecular flexibility index (Phi) is 11.2. The van der Waals surface area contributed by atoms with Crippen LogP contribution in [0.4, 0.5) is 0 Å².